The number of primary amides is 1. The second-order valence-electron chi connectivity index (χ2n) is 4.38. The monoisotopic (exact) mass is 251 g/mol. The maximum Gasteiger partial charge on any atom is 0.251 e. The third-order valence-corrected chi connectivity index (χ3v) is 2.95. The molecule has 1 saturated carbocycles. The first kappa shape index (κ1) is 12.5. The lowest BCUT2D eigenvalue weighted by atomic mass is 9.96. The maximum atomic E-state index is 13.5. The van der Waals surface area contributed by atoms with Gasteiger partial charge < -0.3 is 10.5 Å². The highest BCUT2D eigenvalue weighted by molar-refractivity contribution is 5.93. The van der Waals surface area contributed by atoms with Crippen molar-refractivity contribution in [3.8, 4) is 5.75 Å². The fourth-order valence-electron chi connectivity index (χ4n) is 2.05. The van der Waals surface area contributed by atoms with Crippen molar-refractivity contribution >= 4 is 11.7 Å². The van der Waals surface area contributed by atoms with Crippen LogP contribution < -0.4 is 10.5 Å². The lowest BCUT2D eigenvalue weighted by Crippen LogP contribution is -2.25. The SMILES string of the molecule is NC(=O)c1ccc(OC2CCCC(=O)C2)cc1F. The van der Waals surface area contributed by atoms with Gasteiger partial charge in [-0.1, -0.05) is 0 Å². The summed E-state index contributed by atoms with van der Waals surface area (Å²) in [7, 11) is 0. The number of carbonyl (C=O) groups excluding carboxylic acids is 2. The molecule has 1 aliphatic rings. The Hall–Kier alpha value is -1.91. The molecule has 4 nitrogen and oxygen atoms in total. The molecule has 1 amide bonds. The molecule has 0 aliphatic heterocycles. The highest BCUT2D eigenvalue weighted by Crippen LogP contribution is 2.23. The third-order valence-electron chi connectivity index (χ3n) is 2.95. The lowest BCUT2D eigenvalue weighted by Gasteiger charge is -2.22. The summed E-state index contributed by atoms with van der Waals surface area (Å²) >= 11 is 0. The van der Waals surface area contributed by atoms with Crippen LogP contribution in [0.3, 0.4) is 0 Å². The second-order valence-corrected chi connectivity index (χ2v) is 4.38. The van der Waals surface area contributed by atoms with E-state index in [2.05, 4.69) is 0 Å². The zero-order valence-corrected chi connectivity index (χ0v) is 9.82. The Bertz CT molecular complexity index is 487. The fraction of sp³-hybridized carbons (Fsp3) is 0.385. The summed E-state index contributed by atoms with van der Waals surface area (Å²) < 4.78 is 19.0. The minimum absolute atomic E-state index is 0.165. The summed E-state index contributed by atoms with van der Waals surface area (Å²) in [4.78, 5) is 22.1. The number of rotatable bonds is 3. The molecule has 1 aliphatic carbocycles. The van der Waals surface area contributed by atoms with E-state index >= 15 is 0 Å². The van der Waals surface area contributed by atoms with Crippen LogP contribution in [0.25, 0.3) is 0 Å². The molecular formula is C13H14FNO3. The molecule has 1 fully saturated rings. The van der Waals surface area contributed by atoms with Crippen LogP contribution in [0, 0.1) is 5.82 Å². The Labute approximate surface area is 104 Å². The quantitative estimate of drug-likeness (QED) is 0.890. The van der Waals surface area contributed by atoms with Crippen molar-refractivity contribution in [3.63, 3.8) is 0 Å². The number of nitrogens with two attached hydrogens (primary N) is 1. The molecular weight excluding hydrogens is 237 g/mol. The molecule has 2 rings (SSSR count). The first-order valence-electron chi connectivity index (χ1n) is 5.84. The van der Waals surface area contributed by atoms with Gasteiger partial charge >= 0.3 is 0 Å². The number of ketones is 1. The van der Waals surface area contributed by atoms with Crippen molar-refractivity contribution in [2.45, 2.75) is 31.8 Å². The predicted octanol–water partition coefficient (Wildman–Crippen LogP) is 1.82. The van der Waals surface area contributed by atoms with Crippen molar-refractivity contribution < 1.29 is 18.7 Å². The average molecular weight is 251 g/mol. The molecule has 0 heterocycles. The average Bonchev–Trinajstić information content (AvgIpc) is 2.28. The summed E-state index contributed by atoms with van der Waals surface area (Å²) in [5.74, 6) is -1.04. The predicted molar refractivity (Wildman–Crippen MR) is 62.8 cm³/mol. The topological polar surface area (TPSA) is 69.4 Å². The van der Waals surface area contributed by atoms with E-state index in [4.69, 9.17) is 10.5 Å². The largest absolute Gasteiger partial charge is 0.490 e. The van der Waals surface area contributed by atoms with E-state index in [1.54, 1.807) is 0 Å². The standard InChI is InChI=1S/C13H14FNO3/c14-12-7-10(4-5-11(12)13(15)17)18-9-3-1-2-8(16)6-9/h4-5,7,9H,1-3,6H2,(H2,15,17). The van der Waals surface area contributed by atoms with Gasteiger partial charge in [0, 0.05) is 18.9 Å². The Morgan fingerprint density at radius 2 is 2.22 bits per heavy atom. The Balaban J connectivity index is 2.08. The van der Waals surface area contributed by atoms with Gasteiger partial charge in [0.25, 0.3) is 5.91 Å². The number of carbonyl (C=O) groups is 2. The second kappa shape index (κ2) is 5.16. The molecule has 1 aromatic rings. The summed E-state index contributed by atoms with van der Waals surface area (Å²) in [6, 6.07) is 3.90. The highest BCUT2D eigenvalue weighted by atomic mass is 19.1. The van der Waals surface area contributed by atoms with E-state index in [0.717, 1.165) is 18.9 Å². The zero-order valence-electron chi connectivity index (χ0n) is 9.82. The van der Waals surface area contributed by atoms with Crippen LogP contribution >= 0.6 is 0 Å². The normalized spacial score (nSPS) is 19.6. The summed E-state index contributed by atoms with van der Waals surface area (Å²) in [6.07, 6.45) is 2.33. The van der Waals surface area contributed by atoms with E-state index in [-0.39, 0.29) is 17.5 Å². The van der Waals surface area contributed by atoms with Crippen molar-refractivity contribution in [1.82, 2.24) is 0 Å². The first-order valence-corrected chi connectivity index (χ1v) is 5.84. The van der Waals surface area contributed by atoms with Crippen molar-refractivity contribution in [1.29, 1.82) is 0 Å². The maximum absolute atomic E-state index is 13.5. The number of halogens is 1. The zero-order chi connectivity index (χ0) is 13.1. The molecule has 0 spiro atoms. The Morgan fingerprint density at radius 3 is 2.83 bits per heavy atom. The molecule has 2 N–H and O–H groups in total. The number of hydrogen-bond donors (Lipinski definition) is 1. The Kier molecular flexibility index (Phi) is 3.60. The Morgan fingerprint density at radius 1 is 1.44 bits per heavy atom. The van der Waals surface area contributed by atoms with Gasteiger partial charge in [-0.2, -0.15) is 0 Å². The van der Waals surface area contributed by atoms with Crippen LogP contribution in [0.5, 0.6) is 5.75 Å². The van der Waals surface area contributed by atoms with Gasteiger partial charge in [0.05, 0.1) is 5.56 Å². The van der Waals surface area contributed by atoms with E-state index in [1.165, 1.54) is 12.1 Å². The van der Waals surface area contributed by atoms with Crippen molar-refractivity contribution in [2.75, 3.05) is 0 Å². The summed E-state index contributed by atoms with van der Waals surface area (Å²) in [5.41, 5.74) is 4.84. The molecule has 0 bridgehead atoms. The van der Waals surface area contributed by atoms with Gasteiger partial charge in [-0.05, 0) is 25.0 Å². The molecule has 96 valence electrons. The first-order chi connectivity index (χ1) is 8.56. The summed E-state index contributed by atoms with van der Waals surface area (Å²) in [5, 5.41) is 0. The third kappa shape index (κ3) is 2.85. The van der Waals surface area contributed by atoms with Crippen LogP contribution in [0.2, 0.25) is 0 Å². The minimum Gasteiger partial charge on any atom is -0.490 e. The number of hydrogen-bond acceptors (Lipinski definition) is 3. The molecule has 1 unspecified atom stereocenters. The van der Waals surface area contributed by atoms with Crippen LogP contribution in [0.1, 0.15) is 36.0 Å². The van der Waals surface area contributed by atoms with Gasteiger partial charge in [-0.3, -0.25) is 9.59 Å². The summed E-state index contributed by atoms with van der Waals surface area (Å²) in [6.45, 7) is 0. The van der Waals surface area contributed by atoms with Crippen LogP contribution in [0.15, 0.2) is 18.2 Å². The highest BCUT2D eigenvalue weighted by Gasteiger charge is 2.21. The molecule has 5 heteroatoms. The van der Waals surface area contributed by atoms with Gasteiger partial charge in [-0.15, -0.1) is 0 Å². The lowest BCUT2D eigenvalue weighted by molar-refractivity contribution is -0.122. The van der Waals surface area contributed by atoms with Gasteiger partial charge in [-0.25, -0.2) is 4.39 Å². The molecule has 0 saturated heterocycles. The number of Topliss-reactive ketones (excluding diaryl/α,β-unsaturated/α-hetero) is 1. The molecule has 0 radical (unpaired) electrons. The minimum atomic E-state index is -0.813. The van der Waals surface area contributed by atoms with Gasteiger partial charge in [0.1, 0.15) is 23.5 Å². The van der Waals surface area contributed by atoms with E-state index in [1.807, 2.05) is 0 Å². The fourth-order valence-corrected chi connectivity index (χ4v) is 2.05. The van der Waals surface area contributed by atoms with Crippen LogP contribution in [-0.2, 0) is 4.79 Å². The number of amides is 1. The van der Waals surface area contributed by atoms with Crippen LogP contribution in [0.4, 0.5) is 4.39 Å². The van der Waals surface area contributed by atoms with E-state index in [0.29, 0.717) is 18.6 Å². The smallest absolute Gasteiger partial charge is 0.251 e. The van der Waals surface area contributed by atoms with Crippen LogP contribution in [-0.4, -0.2) is 17.8 Å². The van der Waals surface area contributed by atoms with Crippen molar-refractivity contribution in [2.24, 2.45) is 5.73 Å². The van der Waals surface area contributed by atoms with Gasteiger partial charge in [0.15, 0.2) is 0 Å². The number of benzene rings is 1. The molecule has 1 aromatic carbocycles. The van der Waals surface area contributed by atoms with Crippen molar-refractivity contribution in [3.05, 3.63) is 29.6 Å². The molecule has 1 atom stereocenters. The number of ether oxygens (including phenoxy) is 1. The molecule has 0 aromatic heterocycles. The van der Waals surface area contributed by atoms with E-state index in [9.17, 15) is 14.0 Å². The molecule has 18 heavy (non-hydrogen) atoms. The van der Waals surface area contributed by atoms with Gasteiger partial charge in [0.2, 0.25) is 0 Å². The van der Waals surface area contributed by atoms with E-state index < -0.39 is 11.7 Å².